The largest absolute Gasteiger partial charge is 0.419 e. The van der Waals surface area contributed by atoms with Gasteiger partial charge < -0.3 is 9.73 Å². The molecule has 4 nitrogen and oxygen atoms in total. The van der Waals surface area contributed by atoms with Gasteiger partial charge in [0.15, 0.2) is 0 Å². The zero-order valence-electron chi connectivity index (χ0n) is 13.7. The molecule has 3 aromatic rings. The maximum Gasteiger partial charge on any atom is 0.247 e. The molecular weight excluding hydrogens is 286 g/mol. The van der Waals surface area contributed by atoms with E-state index < -0.39 is 0 Å². The highest BCUT2D eigenvalue weighted by atomic mass is 16.4. The molecule has 0 bridgehead atoms. The standard InChI is InChI=1S/C19H21N3O/c1-13(2)16-11-7-8-14(3)18(16)20-12-17-21-22-19(23-17)15-9-5-4-6-10-15/h4-11,13,20H,12H2,1-3H3. The fraction of sp³-hybridized carbons (Fsp3) is 0.263. The van der Waals surface area contributed by atoms with E-state index >= 15 is 0 Å². The van der Waals surface area contributed by atoms with Crippen LogP contribution >= 0.6 is 0 Å². The summed E-state index contributed by atoms with van der Waals surface area (Å²) in [6.07, 6.45) is 0. The molecule has 0 amide bonds. The van der Waals surface area contributed by atoms with E-state index in [2.05, 4.69) is 54.5 Å². The lowest BCUT2D eigenvalue weighted by Gasteiger charge is -2.16. The van der Waals surface area contributed by atoms with Crippen molar-refractivity contribution in [2.24, 2.45) is 0 Å². The molecule has 2 aromatic carbocycles. The van der Waals surface area contributed by atoms with Crippen molar-refractivity contribution in [3.05, 3.63) is 65.5 Å². The van der Waals surface area contributed by atoms with E-state index in [1.165, 1.54) is 11.1 Å². The van der Waals surface area contributed by atoms with Crippen molar-refractivity contribution in [2.75, 3.05) is 5.32 Å². The Morgan fingerprint density at radius 3 is 2.52 bits per heavy atom. The second kappa shape index (κ2) is 6.65. The highest BCUT2D eigenvalue weighted by molar-refractivity contribution is 5.58. The van der Waals surface area contributed by atoms with Gasteiger partial charge in [0.2, 0.25) is 11.8 Å². The van der Waals surface area contributed by atoms with Crippen molar-refractivity contribution < 1.29 is 4.42 Å². The van der Waals surface area contributed by atoms with Crippen molar-refractivity contribution >= 4 is 5.69 Å². The Kier molecular flexibility index (Phi) is 4.42. The maximum absolute atomic E-state index is 5.75. The molecule has 0 radical (unpaired) electrons. The topological polar surface area (TPSA) is 51.0 Å². The molecule has 1 N–H and O–H groups in total. The van der Waals surface area contributed by atoms with E-state index in [1.54, 1.807) is 0 Å². The Morgan fingerprint density at radius 2 is 1.78 bits per heavy atom. The van der Waals surface area contributed by atoms with Gasteiger partial charge in [-0.3, -0.25) is 0 Å². The van der Waals surface area contributed by atoms with Gasteiger partial charge in [-0.05, 0) is 36.1 Å². The van der Waals surface area contributed by atoms with Crippen LogP contribution in [0.2, 0.25) is 0 Å². The molecule has 23 heavy (non-hydrogen) atoms. The molecule has 0 spiro atoms. The molecule has 0 aliphatic heterocycles. The van der Waals surface area contributed by atoms with Crippen LogP contribution in [-0.2, 0) is 6.54 Å². The van der Waals surface area contributed by atoms with E-state index in [-0.39, 0.29) is 0 Å². The summed E-state index contributed by atoms with van der Waals surface area (Å²) in [7, 11) is 0. The van der Waals surface area contributed by atoms with E-state index in [0.717, 1.165) is 11.3 Å². The monoisotopic (exact) mass is 307 g/mol. The molecule has 1 aromatic heterocycles. The third kappa shape index (κ3) is 3.42. The van der Waals surface area contributed by atoms with Crippen molar-refractivity contribution in [1.82, 2.24) is 10.2 Å². The number of rotatable bonds is 5. The van der Waals surface area contributed by atoms with E-state index in [4.69, 9.17) is 4.42 Å². The summed E-state index contributed by atoms with van der Waals surface area (Å²) in [6.45, 7) is 7.02. The number of aryl methyl sites for hydroxylation is 1. The number of anilines is 1. The Hall–Kier alpha value is -2.62. The summed E-state index contributed by atoms with van der Waals surface area (Å²) < 4.78 is 5.75. The predicted molar refractivity (Wildman–Crippen MR) is 92.3 cm³/mol. The molecule has 0 fully saturated rings. The van der Waals surface area contributed by atoms with Crippen LogP contribution < -0.4 is 5.32 Å². The van der Waals surface area contributed by atoms with Gasteiger partial charge >= 0.3 is 0 Å². The summed E-state index contributed by atoms with van der Waals surface area (Å²) in [6, 6.07) is 16.2. The lowest BCUT2D eigenvalue weighted by atomic mass is 9.98. The van der Waals surface area contributed by atoms with E-state index in [1.807, 2.05) is 30.3 Å². The second-order valence-corrected chi connectivity index (χ2v) is 5.91. The first-order valence-electron chi connectivity index (χ1n) is 7.86. The van der Waals surface area contributed by atoms with Gasteiger partial charge in [0.05, 0.1) is 6.54 Å². The summed E-state index contributed by atoms with van der Waals surface area (Å²) >= 11 is 0. The van der Waals surface area contributed by atoms with Crippen LogP contribution in [-0.4, -0.2) is 10.2 Å². The summed E-state index contributed by atoms with van der Waals surface area (Å²) in [5.41, 5.74) is 4.61. The third-order valence-electron chi connectivity index (χ3n) is 3.83. The molecule has 0 aliphatic rings. The lowest BCUT2D eigenvalue weighted by Crippen LogP contribution is -2.05. The number of benzene rings is 2. The molecule has 1 heterocycles. The number of nitrogens with zero attached hydrogens (tertiary/aromatic N) is 2. The number of para-hydroxylation sites is 1. The molecule has 0 aliphatic carbocycles. The van der Waals surface area contributed by atoms with Crippen LogP contribution in [0.3, 0.4) is 0 Å². The molecule has 3 rings (SSSR count). The smallest absolute Gasteiger partial charge is 0.247 e. The highest BCUT2D eigenvalue weighted by Gasteiger charge is 2.11. The Labute approximate surface area is 136 Å². The van der Waals surface area contributed by atoms with Gasteiger partial charge in [0.1, 0.15) is 0 Å². The predicted octanol–water partition coefficient (Wildman–Crippen LogP) is 4.78. The van der Waals surface area contributed by atoms with Gasteiger partial charge in [-0.1, -0.05) is 50.2 Å². The van der Waals surface area contributed by atoms with Gasteiger partial charge in [-0.25, -0.2) is 0 Å². The Balaban J connectivity index is 1.76. The second-order valence-electron chi connectivity index (χ2n) is 5.91. The first-order chi connectivity index (χ1) is 11.1. The molecular formula is C19H21N3O. The van der Waals surface area contributed by atoms with E-state index in [9.17, 15) is 0 Å². The van der Waals surface area contributed by atoms with Gasteiger partial charge in [-0.2, -0.15) is 0 Å². The van der Waals surface area contributed by atoms with Crippen LogP contribution in [0.1, 0.15) is 36.8 Å². The Morgan fingerprint density at radius 1 is 1.00 bits per heavy atom. The SMILES string of the molecule is Cc1cccc(C(C)C)c1NCc1nnc(-c2ccccc2)o1. The van der Waals surface area contributed by atoms with Gasteiger partial charge in [0, 0.05) is 11.3 Å². The molecule has 118 valence electrons. The van der Waals surface area contributed by atoms with Gasteiger partial charge in [0.25, 0.3) is 0 Å². The average molecular weight is 307 g/mol. The Bertz CT molecular complexity index is 778. The minimum Gasteiger partial charge on any atom is -0.419 e. The number of hydrogen-bond donors (Lipinski definition) is 1. The van der Waals surface area contributed by atoms with E-state index in [0.29, 0.717) is 24.2 Å². The van der Waals surface area contributed by atoms with Crippen molar-refractivity contribution in [2.45, 2.75) is 33.2 Å². The number of aromatic nitrogens is 2. The van der Waals surface area contributed by atoms with Crippen LogP contribution in [0.5, 0.6) is 0 Å². The fourth-order valence-corrected chi connectivity index (χ4v) is 2.60. The molecule has 4 heteroatoms. The quantitative estimate of drug-likeness (QED) is 0.737. The van der Waals surface area contributed by atoms with Crippen molar-refractivity contribution in [3.63, 3.8) is 0 Å². The number of hydrogen-bond acceptors (Lipinski definition) is 4. The first kappa shape index (κ1) is 15.3. The number of nitrogens with one attached hydrogen (secondary N) is 1. The van der Waals surface area contributed by atoms with Crippen LogP contribution in [0, 0.1) is 6.92 Å². The van der Waals surface area contributed by atoms with Crippen molar-refractivity contribution in [3.8, 4) is 11.5 Å². The van der Waals surface area contributed by atoms with Crippen molar-refractivity contribution in [1.29, 1.82) is 0 Å². The maximum atomic E-state index is 5.75. The molecule has 0 atom stereocenters. The first-order valence-corrected chi connectivity index (χ1v) is 7.86. The molecule has 0 saturated carbocycles. The highest BCUT2D eigenvalue weighted by Crippen LogP contribution is 2.28. The minimum atomic E-state index is 0.458. The lowest BCUT2D eigenvalue weighted by molar-refractivity contribution is 0.515. The summed E-state index contributed by atoms with van der Waals surface area (Å²) in [4.78, 5) is 0. The zero-order valence-corrected chi connectivity index (χ0v) is 13.7. The minimum absolute atomic E-state index is 0.458. The summed E-state index contributed by atoms with van der Waals surface area (Å²) in [5.74, 6) is 1.60. The molecule has 0 unspecified atom stereocenters. The van der Waals surface area contributed by atoms with Crippen LogP contribution in [0.25, 0.3) is 11.5 Å². The average Bonchev–Trinajstić information content (AvgIpc) is 3.03. The zero-order chi connectivity index (χ0) is 16.2. The fourth-order valence-electron chi connectivity index (χ4n) is 2.60. The van der Waals surface area contributed by atoms with Gasteiger partial charge in [-0.15, -0.1) is 10.2 Å². The third-order valence-corrected chi connectivity index (χ3v) is 3.83. The van der Waals surface area contributed by atoms with Crippen LogP contribution in [0.4, 0.5) is 5.69 Å². The van der Waals surface area contributed by atoms with Crippen LogP contribution in [0.15, 0.2) is 52.9 Å². The normalized spacial score (nSPS) is 11.0. The summed E-state index contributed by atoms with van der Waals surface area (Å²) in [5, 5.41) is 11.7. The molecule has 0 saturated heterocycles.